The molecule has 1 fully saturated rings. The summed E-state index contributed by atoms with van der Waals surface area (Å²) in [7, 11) is 3.26. The van der Waals surface area contributed by atoms with Crippen LogP contribution < -0.4 is 14.2 Å². The van der Waals surface area contributed by atoms with E-state index in [-0.39, 0.29) is 12.0 Å². The average Bonchev–Trinajstić information content (AvgIpc) is 2.76. The number of hydrogen-bond acceptors (Lipinski definition) is 5. The van der Waals surface area contributed by atoms with E-state index in [1.54, 1.807) is 14.2 Å². The van der Waals surface area contributed by atoms with E-state index in [0.29, 0.717) is 44.0 Å². The SMILES string of the molecule is CCOc1ccc(Br)cc1C(c1cccc(OC)c1OC)N1CCC(C(=O)O)CC1. The van der Waals surface area contributed by atoms with Gasteiger partial charge in [0, 0.05) is 15.6 Å². The maximum absolute atomic E-state index is 11.5. The van der Waals surface area contributed by atoms with E-state index >= 15 is 0 Å². The number of nitrogens with zero attached hydrogens (tertiary/aromatic N) is 1. The molecule has 0 saturated carbocycles. The summed E-state index contributed by atoms with van der Waals surface area (Å²) in [5.74, 6) is 1.11. The number of ether oxygens (including phenoxy) is 3. The van der Waals surface area contributed by atoms with Gasteiger partial charge in [-0.05, 0) is 57.1 Å². The maximum atomic E-state index is 11.5. The van der Waals surface area contributed by atoms with Crippen LogP contribution in [0.2, 0.25) is 0 Å². The molecule has 2 aromatic carbocycles. The minimum atomic E-state index is -0.720. The predicted octanol–water partition coefficient (Wildman–Crippen LogP) is 4.75. The van der Waals surface area contributed by atoms with Gasteiger partial charge in [0.25, 0.3) is 0 Å². The Bertz CT molecular complexity index is 880. The average molecular weight is 478 g/mol. The number of methoxy groups -OCH3 is 2. The number of benzene rings is 2. The van der Waals surface area contributed by atoms with Gasteiger partial charge in [-0.3, -0.25) is 9.69 Å². The Morgan fingerprint density at radius 1 is 1.13 bits per heavy atom. The lowest BCUT2D eigenvalue weighted by molar-refractivity contribution is -0.143. The number of likely N-dealkylation sites (tertiary alicyclic amines) is 1. The third kappa shape index (κ3) is 4.73. The second-order valence-corrected chi connectivity index (χ2v) is 8.16. The third-order valence-electron chi connectivity index (χ3n) is 5.54. The highest BCUT2D eigenvalue weighted by molar-refractivity contribution is 9.10. The number of carboxylic acid groups (broad SMARTS) is 1. The van der Waals surface area contributed by atoms with Gasteiger partial charge in [-0.1, -0.05) is 28.1 Å². The number of rotatable bonds is 8. The molecule has 0 amide bonds. The van der Waals surface area contributed by atoms with Crippen molar-refractivity contribution in [1.29, 1.82) is 0 Å². The molecule has 7 heteroatoms. The van der Waals surface area contributed by atoms with Crippen molar-refractivity contribution in [3.8, 4) is 17.2 Å². The van der Waals surface area contributed by atoms with Gasteiger partial charge in [-0.15, -0.1) is 0 Å². The van der Waals surface area contributed by atoms with Crippen molar-refractivity contribution >= 4 is 21.9 Å². The Kier molecular flexibility index (Phi) is 7.61. The fraction of sp³-hybridized carbons (Fsp3) is 0.435. The van der Waals surface area contributed by atoms with Gasteiger partial charge in [-0.25, -0.2) is 0 Å². The fourth-order valence-corrected chi connectivity index (χ4v) is 4.49. The molecule has 0 bridgehead atoms. The molecule has 3 rings (SSSR count). The van der Waals surface area contributed by atoms with Gasteiger partial charge < -0.3 is 19.3 Å². The second-order valence-electron chi connectivity index (χ2n) is 7.25. The lowest BCUT2D eigenvalue weighted by atomic mass is 9.90. The zero-order valence-electron chi connectivity index (χ0n) is 17.6. The predicted molar refractivity (Wildman–Crippen MR) is 119 cm³/mol. The van der Waals surface area contributed by atoms with Crippen LogP contribution in [0.25, 0.3) is 0 Å². The van der Waals surface area contributed by atoms with Crippen molar-refractivity contribution in [3.63, 3.8) is 0 Å². The maximum Gasteiger partial charge on any atom is 0.306 e. The molecule has 1 atom stereocenters. The Labute approximate surface area is 185 Å². The van der Waals surface area contributed by atoms with Crippen LogP contribution >= 0.6 is 15.9 Å². The third-order valence-corrected chi connectivity index (χ3v) is 6.03. The van der Waals surface area contributed by atoms with E-state index < -0.39 is 5.97 Å². The summed E-state index contributed by atoms with van der Waals surface area (Å²) in [4.78, 5) is 13.8. The highest BCUT2D eigenvalue weighted by atomic mass is 79.9. The van der Waals surface area contributed by atoms with Gasteiger partial charge in [-0.2, -0.15) is 0 Å². The summed E-state index contributed by atoms with van der Waals surface area (Å²) in [6.07, 6.45) is 1.21. The molecule has 1 aliphatic rings. The second kappa shape index (κ2) is 10.2. The minimum Gasteiger partial charge on any atom is -0.494 e. The molecule has 0 aromatic heterocycles. The van der Waals surface area contributed by atoms with E-state index in [9.17, 15) is 9.90 Å². The van der Waals surface area contributed by atoms with Crippen LogP contribution in [0, 0.1) is 5.92 Å². The Hall–Kier alpha value is -2.25. The Morgan fingerprint density at radius 3 is 2.47 bits per heavy atom. The zero-order chi connectivity index (χ0) is 21.7. The van der Waals surface area contributed by atoms with Crippen molar-refractivity contribution in [1.82, 2.24) is 4.90 Å². The van der Waals surface area contributed by atoms with Crippen LogP contribution in [0.3, 0.4) is 0 Å². The van der Waals surface area contributed by atoms with E-state index in [1.807, 2.05) is 37.3 Å². The van der Waals surface area contributed by atoms with Gasteiger partial charge >= 0.3 is 5.97 Å². The van der Waals surface area contributed by atoms with Gasteiger partial charge in [0.15, 0.2) is 11.5 Å². The number of carboxylic acids is 1. The molecule has 30 heavy (non-hydrogen) atoms. The number of aliphatic carboxylic acids is 1. The summed E-state index contributed by atoms with van der Waals surface area (Å²) >= 11 is 3.60. The van der Waals surface area contributed by atoms with E-state index in [4.69, 9.17) is 14.2 Å². The molecule has 1 unspecified atom stereocenters. The Balaban J connectivity index is 2.12. The van der Waals surface area contributed by atoms with E-state index in [1.165, 1.54) is 0 Å². The first-order chi connectivity index (χ1) is 14.5. The number of hydrogen-bond donors (Lipinski definition) is 1. The van der Waals surface area contributed by atoms with Crippen molar-refractivity contribution in [2.24, 2.45) is 5.92 Å². The quantitative estimate of drug-likeness (QED) is 0.591. The molecule has 6 nitrogen and oxygen atoms in total. The molecule has 1 aliphatic heterocycles. The van der Waals surface area contributed by atoms with Crippen LogP contribution in [0.1, 0.15) is 36.9 Å². The molecule has 0 radical (unpaired) electrons. The first kappa shape index (κ1) is 22.4. The minimum absolute atomic E-state index is 0.163. The Morgan fingerprint density at radius 2 is 1.87 bits per heavy atom. The largest absolute Gasteiger partial charge is 0.494 e. The summed E-state index contributed by atoms with van der Waals surface area (Å²) in [6, 6.07) is 11.7. The molecule has 0 aliphatic carbocycles. The van der Waals surface area contributed by atoms with Gasteiger partial charge in [0.2, 0.25) is 0 Å². The number of para-hydroxylation sites is 1. The standard InChI is InChI=1S/C23H28BrNO5/c1-4-30-19-9-8-16(24)14-18(19)21(25-12-10-15(11-13-25)23(26)27)17-6-5-7-20(28-2)22(17)29-3/h5-9,14-15,21H,4,10-13H2,1-3H3,(H,26,27). The molecular weight excluding hydrogens is 450 g/mol. The zero-order valence-corrected chi connectivity index (χ0v) is 19.1. The molecule has 2 aromatic rings. The highest BCUT2D eigenvalue weighted by Crippen LogP contribution is 2.44. The summed E-state index contributed by atoms with van der Waals surface area (Å²) in [5, 5.41) is 9.42. The first-order valence-corrected chi connectivity index (χ1v) is 10.9. The summed E-state index contributed by atoms with van der Waals surface area (Å²) in [6.45, 7) is 3.85. The monoisotopic (exact) mass is 477 g/mol. The number of halogens is 1. The molecular formula is C23H28BrNO5. The normalized spacial score (nSPS) is 16.1. The van der Waals surface area contributed by atoms with E-state index in [0.717, 1.165) is 21.3 Å². The summed E-state index contributed by atoms with van der Waals surface area (Å²) < 4.78 is 18.2. The summed E-state index contributed by atoms with van der Waals surface area (Å²) in [5.41, 5.74) is 1.97. The molecule has 1 N–H and O–H groups in total. The number of carbonyl (C=O) groups is 1. The van der Waals surface area contributed by atoms with Crippen molar-refractivity contribution in [2.45, 2.75) is 25.8 Å². The number of piperidine rings is 1. The smallest absolute Gasteiger partial charge is 0.306 e. The van der Waals surface area contributed by atoms with E-state index in [2.05, 4.69) is 26.9 Å². The molecule has 1 heterocycles. The molecule has 1 saturated heterocycles. The van der Waals surface area contributed by atoms with Crippen LogP contribution in [0.4, 0.5) is 0 Å². The fourth-order valence-electron chi connectivity index (χ4n) is 4.11. The lowest BCUT2D eigenvalue weighted by Gasteiger charge is -2.38. The van der Waals surface area contributed by atoms with Crippen molar-refractivity contribution in [2.75, 3.05) is 33.9 Å². The molecule has 0 spiro atoms. The van der Waals surface area contributed by atoms with Crippen molar-refractivity contribution in [3.05, 3.63) is 52.0 Å². The lowest BCUT2D eigenvalue weighted by Crippen LogP contribution is -2.39. The highest BCUT2D eigenvalue weighted by Gasteiger charge is 2.33. The van der Waals surface area contributed by atoms with Crippen LogP contribution in [0.5, 0.6) is 17.2 Å². The van der Waals surface area contributed by atoms with Crippen molar-refractivity contribution < 1.29 is 24.1 Å². The first-order valence-electron chi connectivity index (χ1n) is 10.1. The van der Waals surface area contributed by atoms with Gasteiger partial charge in [0.1, 0.15) is 5.75 Å². The van der Waals surface area contributed by atoms with Crippen LogP contribution in [-0.2, 0) is 4.79 Å². The van der Waals surface area contributed by atoms with Crippen LogP contribution in [-0.4, -0.2) is 49.9 Å². The van der Waals surface area contributed by atoms with Crippen LogP contribution in [0.15, 0.2) is 40.9 Å². The molecule has 162 valence electrons. The topological polar surface area (TPSA) is 68.2 Å². The van der Waals surface area contributed by atoms with Gasteiger partial charge in [0.05, 0.1) is 32.8 Å².